The first kappa shape index (κ1) is 14.7. The molecule has 1 aromatic heterocycles. The minimum atomic E-state index is -0.338. The number of hydrogen-bond donors (Lipinski definition) is 0. The standard InChI is InChI=1S/C15H16N4O2/c1-3-9-21-15(20)11-5-7-12(8-6-11)19-14(4-2)13(10-16)17-18-19/h5-8H,3-4,9H2,1-2H3. The minimum absolute atomic E-state index is 0.323. The summed E-state index contributed by atoms with van der Waals surface area (Å²) in [4.78, 5) is 11.7. The minimum Gasteiger partial charge on any atom is -0.462 e. The lowest BCUT2D eigenvalue weighted by Gasteiger charge is -2.06. The van der Waals surface area contributed by atoms with E-state index in [4.69, 9.17) is 10.00 Å². The Labute approximate surface area is 123 Å². The SMILES string of the molecule is CCCOC(=O)c1ccc(-n2nnc(C#N)c2CC)cc1. The van der Waals surface area contributed by atoms with Crippen molar-refractivity contribution in [3.63, 3.8) is 0 Å². The third-order valence-electron chi connectivity index (χ3n) is 2.99. The van der Waals surface area contributed by atoms with Crippen LogP contribution in [0.3, 0.4) is 0 Å². The van der Waals surface area contributed by atoms with Gasteiger partial charge in [-0.15, -0.1) is 5.10 Å². The van der Waals surface area contributed by atoms with Gasteiger partial charge < -0.3 is 4.74 Å². The molecule has 0 aliphatic rings. The van der Waals surface area contributed by atoms with Crippen LogP contribution in [0.5, 0.6) is 0 Å². The summed E-state index contributed by atoms with van der Waals surface area (Å²) in [6.45, 7) is 4.29. The van der Waals surface area contributed by atoms with Crippen molar-refractivity contribution in [2.75, 3.05) is 6.61 Å². The Hall–Kier alpha value is -2.68. The van der Waals surface area contributed by atoms with Crippen molar-refractivity contribution in [2.24, 2.45) is 0 Å². The molecule has 0 aliphatic heterocycles. The van der Waals surface area contributed by atoms with Crippen LogP contribution in [0.2, 0.25) is 0 Å². The van der Waals surface area contributed by atoms with Crippen LogP contribution in [0, 0.1) is 11.3 Å². The first-order chi connectivity index (χ1) is 10.2. The number of carbonyl (C=O) groups excluding carboxylic acids is 1. The molecule has 0 aliphatic carbocycles. The lowest BCUT2D eigenvalue weighted by atomic mass is 10.2. The number of rotatable bonds is 5. The van der Waals surface area contributed by atoms with Crippen LogP contribution >= 0.6 is 0 Å². The van der Waals surface area contributed by atoms with E-state index < -0.39 is 0 Å². The molecule has 6 heteroatoms. The van der Waals surface area contributed by atoms with Crippen LogP contribution in [-0.4, -0.2) is 27.6 Å². The summed E-state index contributed by atoms with van der Waals surface area (Å²) in [5.74, 6) is -0.338. The molecule has 0 saturated carbocycles. The van der Waals surface area contributed by atoms with Gasteiger partial charge in [0.25, 0.3) is 0 Å². The van der Waals surface area contributed by atoms with Gasteiger partial charge in [0.2, 0.25) is 0 Å². The van der Waals surface area contributed by atoms with Crippen LogP contribution in [0.4, 0.5) is 0 Å². The lowest BCUT2D eigenvalue weighted by Crippen LogP contribution is -2.07. The highest BCUT2D eigenvalue weighted by Crippen LogP contribution is 2.14. The molecule has 108 valence electrons. The molecule has 0 N–H and O–H groups in total. The average molecular weight is 284 g/mol. The summed E-state index contributed by atoms with van der Waals surface area (Å²) in [6.07, 6.45) is 1.44. The van der Waals surface area contributed by atoms with Crippen molar-refractivity contribution in [3.05, 3.63) is 41.2 Å². The highest BCUT2D eigenvalue weighted by atomic mass is 16.5. The molecule has 0 fully saturated rings. The van der Waals surface area contributed by atoms with Crippen LogP contribution in [0.1, 0.15) is 42.0 Å². The smallest absolute Gasteiger partial charge is 0.338 e. The third-order valence-corrected chi connectivity index (χ3v) is 2.99. The predicted molar refractivity (Wildman–Crippen MR) is 76.0 cm³/mol. The zero-order valence-corrected chi connectivity index (χ0v) is 12.0. The Kier molecular flexibility index (Phi) is 4.67. The molecular weight excluding hydrogens is 268 g/mol. The van der Waals surface area contributed by atoms with E-state index in [0.717, 1.165) is 17.8 Å². The van der Waals surface area contributed by atoms with Crippen LogP contribution in [0.25, 0.3) is 5.69 Å². The molecule has 2 rings (SSSR count). The monoisotopic (exact) mass is 284 g/mol. The Balaban J connectivity index is 2.25. The molecule has 1 aromatic carbocycles. The van der Waals surface area contributed by atoms with E-state index in [2.05, 4.69) is 10.3 Å². The largest absolute Gasteiger partial charge is 0.462 e. The van der Waals surface area contributed by atoms with E-state index in [-0.39, 0.29) is 5.97 Å². The van der Waals surface area contributed by atoms with Gasteiger partial charge in [-0.1, -0.05) is 19.1 Å². The summed E-state index contributed by atoms with van der Waals surface area (Å²) in [6, 6.07) is 8.91. The summed E-state index contributed by atoms with van der Waals surface area (Å²) in [7, 11) is 0. The van der Waals surface area contributed by atoms with Gasteiger partial charge in [-0.2, -0.15) is 5.26 Å². The van der Waals surface area contributed by atoms with Gasteiger partial charge in [0, 0.05) is 0 Å². The van der Waals surface area contributed by atoms with E-state index in [0.29, 0.717) is 24.3 Å². The number of ether oxygens (including phenoxy) is 1. The van der Waals surface area contributed by atoms with Crippen LogP contribution in [0.15, 0.2) is 24.3 Å². The third kappa shape index (κ3) is 3.08. The second-order valence-electron chi connectivity index (χ2n) is 4.44. The normalized spacial score (nSPS) is 10.1. The predicted octanol–water partition coefficient (Wildman–Crippen LogP) is 2.27. The zero-order chi connectivity index (χ0) is 15.2. The first-order valence-electron chi connectivity index (χ1n) is 6.83. The van der Waals surface area contributed by atoms with E-state index in [9.17, 15) is 4.79 Å². The van der Waals surface area contributed by atoms with Crippen molar-refractivity contribution in [2.45, 2.75) is 26.7 Å². The highest BCUT2D eigenvalue weighted by molar-refractivity contribution is 5.89. The molecule has 0 saturated heterocycles. The molecule has 0 atom stereocenters. The Morgan fingerprint density at radius 1 is 1.33 bits per heavy atom. The molecular formula is C15H16N4O2. The molecule has 6 nitrogen and oxygen atoms in total. The van der Waals surface area contributed by atoms with Gasteiger partial charge in [-0.3, -0.25) is 0 Å². The van der Waals surface area contributed by atoms with Crippen LogP contribution in [-0.2, 0) is 11.2 Å². The highest BCUT2D eigenvalue weighted by Gasteiger charge is 2.13. The van der Waals surface area contributed by atoms with Crippen molar-refractivity contribution in [1.29, 1.82) is 5.26 Å². The molecule has 1 heterocycles. The van der Waals surface area contributed by atoms with Crippen molar-refractivity contribution in [1.82, 2.24) is 15.0 Å². The molecule has 0 radical (unpaired) electrons. The second-order valence-corrected chi connectivity index (χ2v) is 4.44. The number of hydrogen-bond acceptors (Lipinski definition) is 5. The van der Waals surface area contributed by atoms with Crippen molar-refractivity contribution >= 4 is 5.97 Å². The molecule has 0 spiro atoms. The van der Waals surface area contributed by atoms with Crippen molar-refractivity contribution in [3.8, 4) is 11.8 Å². The Morgan fingerprint density at radius 3 is 2.62 bits per heavy atom. The van der Waals surface area contributed by atoms with E-state index in [1.165, 1.54) is 0 Å². The van der Waals surface area contributed by atoms with E-state index in [1.807, 2.05) is 19.9 Å². The fraction of sp³-hybridized carbons (Fsp3) is 0.333. The summed E-state index contributed by atoms with van der Waals surface area (Å²) >= 11 is 0. The first-order valence-corrected chi connectivity index (χ1v) is 6.83. The molecule has 21 heavy (non-hydrogen) atoms. The summed E-state index contributed by atoms with van der Waals surface area (Å²) < 4.78 is 6.68. The van der Waals surface area contributed by atoms with Gasteiger partial charge >= 0.3 is 5.97 Å². The Morgan fingerprint density at radius 2 is 2.05 bits per heavy atom. The summed E-state index contributed by atoms with van der Waals surface area (Å²) in [5.41, 5.74) is 2.32. The Bertz CT molecular complexity index is 668. The number of esters is 1. The fourth-order valence-electron chi connectivity index (χ4n) is 1.93. The maximum absolute atomic E-state index is 11.7. The van der Waals surface area contributed by atoms with E-state index in [1.54, 1.807) is 28.9 Å². The number of carbonyl (C=O) groups is 1. The molecule has 0 bridgehead atoms. The van der Waals surface area contributed by atoms with Gasteiger partial charge in [0.05, 0.1) is 23.6 Å². The maximum Gasteiger partial charge on any atom is 0.338 e. The molecule has 0 unspecified atom stereocenters. The van der Waals surface area contributed by atoms with Gasteiger partial charge in [-0.05, 0) is 37.1 Å². The fourth-order valence-corrected chi connectivity index (χ4v) is 1.93. The quantitative estimate of drug-likeness (QED) is 0.787. The summed E-state index contributed by atoms with van der Waals surface area (Å²) in [5, 5.41) is 16.8. The maximum atomic E-state index is 11.7. The van der Waals surface area contributed by atoms with Gasteiger partial charge in [0.1, 0.15) is 6.07 Å². The number of benzene rings is 1. The molecule has 0 amide bonds. The zero-order valence-electron chi connectivity index (χ0n) is 12.0. The number of nitriles is 1. The van der Waals surface area contributed by atoms with Gasteiger partial charge in [0.15, 0.2) is 5.69 Å². The topological polar surface area (TPSA) is 80.8 Å². The number of nitrogens with zero attached hydrogens (tertiary/aromatic N) is 4. The number of aromatic nitrogens is 3. The lowest BCUT2D eigenvalue weighted by molar-refractivity contribution is 0.0505. The van der Waals surface area contributed by atoms with E-state index >= 15 is 0 Å². The average Bonchev–Trinajstić information content (AvgIpc) is 2.95. The van der Waals surface area contributed by atoms with Crippen LogP contribution < -0.4 is 0 Å². The van der Waals surface area contributed by atoms with Crippen molar-refractivity contribution < 1.29 is 9.53 Å². The molecule has 2 aromatic rings. The van der Waals surface area contributed by atoms with Gasteiger partial charge in [-0.25, -0.2) is 9.48 Å². The second kappa shape index (κ2) is 6.66.